The number of hydrogen-bond donors (Lipinski definition) is 0. The third-order valence-corrected chi connectivity index (χ3v) is 4.83. The van der Waals surface area contributed by atoms with Crippen molar-refractivity contribution in [2.75, 3.05) is 13.4 Å². The molecule has 0 bridgehead atoms. The van der Waals surface area contributed by atoms with Gasteiger partial charge in [-0.15, -0.1) is 11.8 Å². The first-order chi connectivity index (χ1) is 9.15. The van der Waals surface area contributed by atoms with E-state index < -0.39 is 0 Å². The first kappa shape index (κ1) is 14.5. The number of methoxy groups -OCH3 is 1. The van der Waals surface area contributed by atoms with E-state index >= 15 is 0 Å². The van der Waals surface area contributed by atoms with Crippen molar-refractivity contribution in [3.8, 4) is 5.75 Å². The Balaban J connectivity index is 2.36. The van der Waals surface area contributed by atoms with Crippen molar-refractivity contribution in [2.45, 2.75) is 16.6 Å². The van der Waals surface area contributed by atoms with E-state index in [1.807, 2.05) is 6.07 Å². The number of aryl methyl sites for hydroxylation is 1. The molecular formula is C16H17BrOS. The number of halogens is 1. The summed E-state index contributed by atoms with van der Waals surface area (Å²) in [6.07, 6.45) is 2.09. The normalized spacial score (nSPS) is 12.2. The molecule has 0 amide bonds. The third kappa shape index (κ3) is 3.34. The summed E-state index contributed by atoms with van der Waals surface area (Å²) < 4.78 is 5.45. The van der Waals surface area contributed by atoms with Gasteiger partial charge < -0.3 is 4.74 Å². The zero-order valence-electron chi connectivity index (χ0n) is 11.3. The highest BCUT2D eigenvalue weighted by Gasteiger charge is 2.15. The van der Waals surface area contributed by atoms with Crippen LogP contribution in [0.5, 0.6) is 5.75 Å². The van der Waals surface area contributed by atoms with Crippen LogP contribution in [0.1, 0.15) is 21.5 Å². The summed E-state index contributed by atoms with van der Waals surface area (Å²) in [5.41, 5.74) is 3.64. The maximum atomic E-state index is 5.45. The lowest BCUT2D eigenvalue weighted by Crippen LogP contribution is -1.97. The molecule has 0 heterocycles. The molecule has 2 aromatic rings. The summed E-state index contributed by atoms with van der Waals surface area (Å²) in [4.78, 5) is 1.43. The van der Waals surface area contributed by atoms with Crippen LogP contribution in [-0.4, -0.2) is 13.4 Å². The minimum atomic E-state index is 0.151. The lowest BCUT2D eigenvalue weighted by molar-refractivity contribution is 0.410. The van der Waals surface area contributed by atoms with E-state index in [4.69, 9.17) is 4.74 Å². The molecule has 0 aliphatic rings. The van der Waals surface area contributed by atoms with Crippen LogP contribution in [0.25, 0.3) is 0 Å². The third-order valence-electron chi connectivity index (χ3n) is 3.07. The second kappa shape index (κ2) is 6.49. The second-order valence-corrected chi connectivity index (χ2v) is 6.18. The maximum absolute atomic E-state index is 5.45. The van der Waals surface area contributed by atoms with E-state index in [1.165, 1.54) is 21.6 Å². The van der Waals surface area contributed by atoms with Gasteiger partial charge in [-0.1, -0.05) is 45.8 Å². The summed E-state index contributed by atoms with van der Waals surface area (Å²) >= 11 is 5.53. The van der Waals surface area contributed by atoms with Crippen molar-refractivity contribution in [3.63, 3.8) is 0 Å². The van der Waals surface area contributed by atoms with E-state index in [-0.39, 0.29) is 4.83 Å². The summed E-state index contributed by atoms with van der Waals surface area (Å²) in [5, 5.41) is 0. The zero-order chi connectivity index (χ0) is 13.8. The molecule has 0 spiro atoms. The second-order valence-electron chi connectivity index (χ2n) is 4.38. The minimum absolute atomic E-state index is 0.151. The summed E-state index contributed by atoms with van der Waals surface area (Å²) in [7, 11) is 1.71. The molecule has 3 heteroatoms. The lowest BCUT2D eigenvalue weighted by Gasteiger charge is -2.15. The van der Waals surface area contributed by atoms with Gasteiger partial charge in [0.15, 0.2) is 0 Å². The van der Waals surface area contributed by atoms with Gasteiger partial charge >= 0.3 is 0 Å². The van der Waals surface area contributed by atoms with Crippen molar-refractivity contribution in [3.05, 3.63) is 59.2 Å². The molecule has 1 nitrogen and oxygen atoms in total. The van der Waals surface area contributed by atoms with Crippen molar-refractivity contribution < 1.29 is 4.74 Å². The Kier molecular flexibility index (Phi) is 4.94. The molecule has 0 N–H and O–H groups in total. The SMILES string of the molecule is COc1ccc(C)cc1C(Br)c1ccc(SC)cc1. The molecule has 0 saturated carbocycles. The van der Waals surface area contributed by atoms with Crippen LogP contribution in [0.15, 0.2) is 47.4 Å². The summed E-state index contributed by atoms with van der Waals surface area (Å²) in [5.74, 6) is 0.918. The number of ether oxygens (including phenoxy) is 1. The Morgan fingerprint density at radius 1 is 1.11 bits per heavy atom. The maximum Gasteiger partial charge on any atom is 0.123 e. The number of hydrogen-bond acceptors (Lipinski definition) is 2. The van der Waals surface area contributed by atoms with E-state index in [1.54, 1.807) is 18.9 Å². The largest absolute Gasteiger partial charge is 0.496 e. The van der Waals surface area contributed by atoms with Crippen LogP contribution in [-0.2, 0) is 0 Å². The van der Waals surface area contributed by atoms with Gasteiger partial charge in [0.25, 0.3) is 0 Å². The fraction of sp³-hybridized carbons (Fsp3) is 0.250. The smallest absolute Gasteiger partial charge is 0.123 e. The predicted molar refractivity (Wildman–Crippen MR) is 86.7 cm³/mol. The Labute approximate surface area is 127 Å². The molecule has 0 aromatic heterocycles. The molecule has 2 rings (SSSR count). The van der Waals surface area contributed by atoms with E-state index in [9.17, 15) is 0 Å². The van der Waals surface area contributed by atoms with Crippen molar-refractivity contribution in [1.29, 1.82) is 0 Å². The molecule has 19 heavy (non-hydrogen) atoms. The van der Waals surface area contributed by atoms with Crippen LogP contribution in [0.2, 0.25) is 0 Å². The van der Waals surface area contributed by atoms with Gasteiger partial charge in [0.1, 0.15) is 5.75 Å². The molecule has 0 fully saturated rings. The van der Waals surface area contributed by atoms with Gasteiger partial charge in [-0.3, -0.25) is 0 Å². The molecule has 0 aliphatic heterocycles. The van der Waals surface area contributed by atoms with Crippen LogP contribution in [0, 0.1) is 6.92 Å². The summed E-state index contributed by atoms with van der Waals surface area (Å²) in [6, 6.07) is 14.9. The average Bonchev–Trinajstić information content (AvgIpc) is 2.46. The monoisotopic (exact) mass is 336 g/mol. The topological polar surface area (TPSA) is 9.23 Å². The van der Waals surface area contributed by atoms with Crippen LogP contribution >= 0.6 is 27.7 Å². The van der Waals surface area contributed by atoms with Crippen molar-refractivity contribution in [1.82, 2.24) is 0 Å². The highest BCUT2D eigenvalue weighted by Crippen LogP contribution is 2.37. The fourth-order valence-electron chi connectivity index (χ4n) is 2.00. The van der Waals surface area contributed by atoms with Gasteiger partial charge in [-0.2, -0.15) is 0 Å². The highest BCUT2D eigenvalue weighted by atomic mass is 79.9. The Hall–Kier alpha value is -0.930. The first-order valence-corrected chi connectivity index (χ1v) is 8.22. The first-order valence-electron chi connectivity index (χ1n) is 6.08. The van der Waals surface area contributed by atoms with E-state index in [2.05, 4.69) is 65.5 Å². The van der Waals surface area contributed by atoms with Crippen molar-refractivity contribution >= 4 is 27.7 Å². The molecule has 2 aromatic carbocycles. The molecular weight excluding hydrogens is 320 g/mol. The molecule has 0 radical (unpaired) electrons. The molecule has 1 atom stereocenters. The average molecular weight is 337 g/mol. The van der Waals surface area contributed by atoms with E-state index in [0.29, 0.717) is 0 Å². The molecule has 1 unspecified atom stereocenters. The lowest BCUT2D eigenvalue weighted by atomic mass is 10.0. The highest BCUT2D eigenvalue weighted by molar-refractivity contribution is 9.09. The fourth-order valence-corrected chi connectivity index (χ4v) is 3.08. The Bertz CT molecular complexity index is 551. The van der Waals surface area contributed by atoms with Crippen LogP contribution in [0.3, 0.4) is 0 Å². The van der Waals surface area contributed by atoms with Gasteiger partial charge in [-0.25, -0.2) is 0 Å². The molecule has 100 valence electrons. The number of thioether (sulfide) groups is 1. The van der Waals surface area contributed by atoms with E-state index in [0.717, 1.165) is 5.75 Å². The van der Waals surface area contributed by atoms with Gasteiger partial charge in [0, 0.05) is 10.5 Å². The quantitative estimate of drug-likeness (QED) is 0.559. The van der Waals surface area contributed by atoms with Gasteiger partial charge in [0.2, 0.25) is 0 Å². The Morgan fingerprint density at radius 2 is 1.79 bits per heavy atom. The number of benzene rings is 2. The summed E-state index contributed by atoms with van der Waals surface area (Å²) in [6.45, 7) is 2.10. The molecule has 0 saturated heterocycles. The van der Waals surface area contributed by atoms with Gasteiger partial charge in [0.05, 0.1) is 11.9 Å². The molecule has 0 aliphatic carbocycles. The van der Waals surface area contributed by atoms with Crippen LogP contribution < -0.4 is 4.74 Å². The van der Waals surface area contributed by atoms with Crippen LogP contribution in [0.4, 0.5) is 0 Å². The Morgan fingerprint density at radius 3 is 2.37 bits per heavy atom. The van der Waals surface area contributed by atoms with Crippen molar-refractivity contribution in [2.24, 2.45) is 0 Å². The predicted octanol–water partition coefficient (Wildman–Crippen LogP) is 5.21. The standard InChI is InChI=1S/C16H17BrOS/c1-11-4-9-15(18-2)14(10-11)16(17)12-5-7-13(19-3)8-6-12/h4-10,16H,1-3H3. The number of rotatable bonds is 4. The number of alkyl halides is 1. The van der Waals surface area contributed by atoms with Gasteiger partial charge in [-0.05, 0) is 36.9 Å². The zero-order valence-corrected chi connectivity index (χ0v) is 13.7. The minimum Gasteiger partial charge on any atom is -0.496 e.